The highest BCUT2D eigenvalue weighted by atomic mass is 19.4. The van der Waals surface area contributed by atoms with E-state index in [1.54, 1.807) is 29.2 Å². The predicted octanol–water partition coefficient (Wildman–Crippen LogP) is 8.09. The molecule has 0 spiro atoms. The lowest BCUT2D eigenvalue weighted by Gasteiger charge is -2.65. The Morgan fingerprint density at radius 1 is 0.773 bits per heavy atom. The quantitative estimate of drug-likeness (QED) is 0.262. The number of hydrogen-bond acceptors (Lipinski definition) is 4. The number of aromatic nitrogens is 3. The molecule has 3 aromatic rings. The molecule has 6 aliphatic rings. The summed E-state index contributed by atoms with van der Waals surface area (Å²) in [5.74, 6) is -1.38. The second-order valence-corrected chi connectivity index (χ2v) is 13.4. The summed E-state index contributed by atoms with van der Waals surface area (Å²) in [7, 11) is 0. The van der Waals surface area contributed by atoms with Crippen molar-refractivity contribution in [1.82, 2.24) is 15.0 Å². The van der Waals surface area contributed by atoms with Crippen LogP contribution in [0.5, 0.6) is 0 Å². The zero-order chi connectivity index (χ0) is 31.2. The minimum atomic E-state index is -4.67. The van der Waals surface area contributed by atoms with E-state index in [4.69, 9.17) is 0 Å². The summed E-state index contributed by atoms with van der Waals surface area (Å²) >= 11 is 0. The van der Waals surface area contributed by atoms with Gasteiger partial charge in [0.15, 0.2) is 0 Å². The van der Waals surface area contributed by atoms with E-state index in [2.05, 4.69) is 15.0 Å². The Labute approximate surface area is 248 Å². The van der Waals surface area contributed by atoms with Gasteiger partial charge >= 0.3 is 12.4 Å². The number of pyridine rings is 1. The number of benzene rings is 1. The first-order valence-electron chi connectivity index (χ1n) is 14.7. The average molecular weight is 619 g/mol. The fourth-order valence-electron chi connectivity index (χ4n) is 8.03. The zero-order valence-electron chi connectivity index (χ0n) is 23.6. The summed E-state index contributed by atoms with van der Waals surface area (Å²) in [6.07, 6.45) is -0.978. The smallest absolute Gasteiger partial charge is 0.311 e. The molecule has 0 aliphatic heterocycles. The first kappa shape index (κ1) is 29.2. The Kier molecular flexibility index (Phi) is 6.27. The van der Waals surface area contributed by atoms with Gasteiger partial charge in [0.1, 0.15) is 5.67 Å². The number of nitrogens with zero attached hydrogens (tertiary/aromatic N) is 4. The summed E-state index contributed by atoms with van der Waals surface area (Å²) in [6.45, 7) is 0.399. The fraction of sp³-hybridized carbons (Fsp3) is 0.500. The summed E-state index contributed by atoms with van der Waals surface area (Å²) in [5.41, 5.74) is -1.17. The summed E-state index contributed by atoms with van der Waals surface area (Å²) in [5, 5.41) is 0. The van der Waals surface area contributed by atoms with Crippen LogP contribution in [-0.4, -0.2) is 33.1 Å². The highest BCUT2D eigenvalue weighted by molar-refractivity contribution is 6.00. The van der Waals surface area contributed by atoms with Crippen LogP contribution >= 0.6 is 0 Å². The second kappa shape index (κ2) is 9.47. The molecule has 6 saturated carbocycles. The molecule has 0 unspecified atom stereocenters. The Morgan fingerprint density at radius 3 is 1.93 bits per heavy atom. The van der Waals surface area contributed by atoms with E-state index in [1.807, 2.05) is 0 Å². The Morgan fingerprint density at radius 2 is 1.41 bits per heavy atom. The normalized spacial score (nSPS) is 30.8. The van der Waals surface area contributed by atoms with E-state index in [-0.39, 0.29) is 36.0 Å². The second-order valence-electron chi connectivity index (χ2n) is 13.4. The van der Waals surface area contributed by atoms with Crippen LogP contribution in [0.2, 0.25) is 0 Å². The van der Waals surface area contributed by atoms with E-state index in [1.165, 1.54) is 6.07 Å². The maximum Gasteiger partial charge on any atom is 0.451 e. The summed E-state index contributed by atoms with van der Waals surface area (Å²) in [4.78, 5) is 27.0. The van der Waals surface area contributed by atoms with Gasteiger partial charge in [0.05, 0.1) is 11.0 Å². The number of halogens is 7. The zero-order valence-corrected chi connectivity index (χ0v) is 23.6. The highest BCUT2D eigenvalue weighted by Gasteiger charge is 2.73. The lowest BCUT2D eigenvalue weighted by atomic mass is 9.41. The van der Waals surface area contributed by atoms with Gasteiger partial charge in [0, 0.05) is 47.5 Å². The lowest BCUT2D eigenvalue weighted by molar-refractivity contribution is -0.211. The molecule has 6 aliphatic carbocycles. The standard InChI is InChI=1S/C32H29F7N4O/c33-30-16-29(17-30,18-30)26(44)43(23-3-1-2-20(12-23)21-13-41-25(42-14-21)32(37,38)39)19-27-6-9-28(10-7-27,11-8-27)24-5-4-22(15-40-24)31(34,35)36/h1-5,12-15H,6-11,16-19H2. The Bertz CT molecular complexity index is 1560. The molecule has 0 N–H and O–H groups in total. The molecule has 232 valence electrons. The monoisotopic (exact) mass is 618 g/mol. The molecule has 2 aromatic heterocycles. The van der Waals surface area contributed by atoms with Crippen molar-refractivity contribution in [3.63, 3.8) is 0 Å². The predicted molar refractivity (Wildman–Crippen MR) is 146 cm³/mol. The average Bonchev–Trinajstić information content (AvgIpc) is 2.98. The molecule has 6 fully saturated rings. The minimum Gasteiger partial charge on any atom is -0.311 e. The maximum atomic E-state index is 14.5. The molecular weight excluding hydrogens is 589 g/mol. The van der Waals surface area contributed by atoms with Crippen LogP contribution in [0.4, 0.5) is 36.4 Å². The molecule has 0 atom stereocenters. The van der Waals surface area contributed by atoms with Crippen LogP contribution in [0, 0.1) is 10.8 Å². The number of rotatable bonds is 6. The summed E-state index contributed by atoms with van der Waals surface area (Å²) < 4.78 is 92.8. The van der Waals surface area contributed by atoms with Gasteiger partial charge < -0.3 is 4.90 Å². The van der Waals surface area contributed by atoms with Crippen molar-refractivity contribution in [3.8, 4) is 11.1 Å². The van der Waals surface area contributed by atoms with Crippen LogP contribution in [0.1, 0.15) is 74.9 Å². The van der Waals surface area contributed by atoms with Crippen molar-refractivity contribution < 1.29 is 35.5 Å². The molecule has 1 amide bonds. The number of anilines is 1. The molecular formula is C32H29F7N4O. The summed E-state index contributed by atoms with van der Waals surface area (Å²) in [6, 6.07) is 9.52. The van der Waals surface area contributed by atoms with Crippen molar-refractivity contribution in [2.24, 2.45) is 10.8 Å². The molecule has 12 heteroatoms. The number of alkyl halides is 7. The van der Waals surface area contributed by atoms with E-state index >= 15 is 0 Å². The van der Waals surface area contributed by atoms with Gasteiger partial charge in [0.25, 0.3) is 0 Å². The van der Waals surface area contributed by atoms with Crippen molar-refractivity contribution in [3.05, 3.63) is 72.1 Å². The van der Waals surface area contributed by atoms with Crippen molar-refractivity contribution >= 4 is 11.6 Å². The van der Waals surface area contributed by atoms with Crippen molar-refractivity contribution in [2.45, 2.75) is 81.2 Å². The first-order chi connectivity index (χ1) is 20.6. The molecule has 1 aromatic carbocycles. The van der Waals surface area contributed by atoms with Crippen molar-refractivity contribution in [2.75, 3.05) is 11.4 Å². The Balaban J connectivity index is 1.15. The highest BCUT2D eigenvalue weighted by Crippen LogP contribution is 2.70. The number of carbonyl (C=O) groups is 1. The topological polar surface area (TPSA) is 59.0 Å². The van der Waals surface area contributed by atoms with Crippen LogP contribution in [-0.2, 0) is 22.6 Å². The van der Waals surface area contributed by atoms with E-state index in [0.29, 0.717) is 29.1 Å². The van der Waals surface area contributed by atoms with E-state index < -0.39 is 34.8 Å². The molecule has 0 saturated heterocycles. The Hall–Kier alpha value is -3.57. The van der Waals surface area contributed by atoms with Gasteiger partial charge in [-0.1, -0.05) is 12.1 Å². The van der Waals surface area contributed by atoms with Crippen molar-refractivity contribution in [1.29, 1.82) is 0 Å². The third-order valence-corrected chi connectivity index (χ3v) is 10.6. The van der Waals surface area contributed by atoms with Crippen LogP contribution in [0.25, 0.3) is 11.1 Å². The first-order valence-corrected chi connectivity index (χ1v) is 14.7. The molecule has 44 heavy (non-hydrogen) atoms. The van der Waals surface area contributed by atoms with Gasteiger partial charge in [0.2, 0.25) is 11.7 Å². The third-order valence-electron chi connectivity index (χ3n) is 10.6. The molecule has 5 nitrogen and oxygen atoms in total. The van der Waals surface area contributed by atoms with Crippen LogP contribution < -0.4 is 4.90 Å². The maximum absolute atomic E-state index is 14.5. The lowest BCUT2D eigenvalue weighted by Crippen LogP contribution is -2.71. The van der Waals surface area contributed by atoms with E-state index in [9.17, 15) is 35.5 Å². The molecule has 0 radical (unpaired) electrons. The molecule has 9 rings (SSSR count). The van der Waals surface area contributed by atoms with Gasteiger partial charge in [-0.05, 0) is 93.0 Å². The van der Waals surface area contributed by atoms with Crippen LogP contribution in [0.3, 0.4) is 0 Å². The molecule has 2 heterocycles. The van der Waals surface area contributed by atoms with E-state index in [0.717, 1.165) is 63.2 Å². The third kappa shape index (κ3) is 4.75. The number of amides is 1. The largest absolute Gasteiger partial charge is 0.451 e. The van der Waals surface area contributed by atoms with Gasteiger partial charge in [-0.3, -0.25) is 9.78 Å². The van der Waals surface area contributed by atoms with Gasteiger partial charge in [-0.2, -0.15) is 26.3 Å². The van der Waals surface area contributed by atoms with Gasteiger partial charge in [-0.15, -0.1) is 0 Å². The number of carbonyl (C=O) groups excluding carboxylic acids is 1. The fourth-order valence-corrected chi connectivity index (χ4v) is 8.03. The SMILES string of the molecule is O=C(N(CC12CCC(c3ccc(C(F)(F)F)cn3)(CC1)CC2)c1cccc(-c2cnc(C(F)(F)F)nc2)c1)C12CC(F)(C1)C2. The minimum absolute atomic E-state index is 0.140. The van der Waals surface area contributed by atoms with Crippen LogP contribution in [0.15, 0.2) is 55.0 Å². The van der Waals surface area contributed by atoms with Gasteiger partial charge in [-0.25, -0.2) is 14.4 Å². The molecule has 4 bridgehead atoms. The number of fused-ring (bicyclic) bond motifs is 3. The number of hydrogen-bond donors (Lipinski definition) is 0.